The van der Waals surface area contributed by atoms with Crippen LogP contribution in [-0.2, 0) is 16.6 Å². The number of sulfonamides is 1. The first-order chi connectivity index (χ1) is 9.67. The highest BCUT2D eigenvalue weighted by atomic mass is 79.9. The Morgan fingerprint density at radius 3 is 2.62 bits per heavy atom. The average molecular weight is 407 g/mol. The maximum atomic E-state index is 12.0. The van der Waals surface area contributed by atoms with E-state index in [1.165, 1.54) is 17.4 Å². The molecule has 1 fully saturated rings. The summed E-state index contributed by atoms with van der Waals surface area (Å²) in [5.41, 5.74) is 0. The molecule has 0 saturated heterocycles. The molecule has 0 amide bonds. The molecule has 0 aliphatic heterocycles. The van der Waals surface area contributed by atoms with Gasteiger partial charge in [0.25, 0.3) is 0 Å². The Hall–Kier alpha value is -0.160. The molecule has 21 heavy (non-hydrogen) atoms. The fourth-order valence-electron chi connectivity index (χ4n) is 1.61. The van der Waals surface area contributed by atoms with E-state index >= 15 is 0 Å². The van der Waals surface area contributed by atoms with Gasteiger partial charge in [0, 0.05) is 24.0 Å². The van der Waals surface area contributed by atoms with Crippen molar-refractivity contribution >= 4 is 37.3 Å². The summed E-state index contributed by atoms with van der Waals surface area (Å²) in [5, 5.41) is 3.25. The molecule has 0 atom stereocenters. The third kappa shape index (κ3) is 5.51. The Balaban J connectivity index is 1.97. The summed E-state index contributed by atoms with van der Waals surface area (Å²) in [6, 6.07) is 1.98. The predicted molar refractivity (Wildman–Crippen MR) is 77.7 cm³/mol. The molecule has 10 heteroatoms. The number of thiophene rings is 1. The van der Waals surface area contributed by atoms with Crippen LogP contribution in [0.4, 0.5) is 13.2 Å². The normalized spacial score (nSPS) is 16.4. The summed E-state index contributed by atoms with van der Waals surface area (Å²) in [6.45, 7) is -0.101. The van der Waals surface area contributed by atoms with Crippen LogP contribution < -0.4 is 10.0 Å². The highest BCUT2D eigenvalue weighted by molar-refractivity contribution is 9.11. The average Bonchev–Trinajstić information content (AvgIpc) is 3.07. The quantitative estimate of drug-likeness (QED) is 0.731. The van der Waals surface area contributed by atoms with Crippen molar-refractivity contribution in [2.75, 3.05) is 6.54 Å². The van der Waals surface area contributed by atoms with Crippen molar-refractivity contribution in [3.63, 3.8) is 0 Å². The Kier molecular flexibility index (Phi) is 5.35. The van der Waals surface area contributed by atoms with Crippen molar-refractivity contribution in [2.45, 2.75) is 42.9 Å². The zero-order valence-electron chi connectivity index (χ0n) is 10.8. The molecule has 1 heterocycles. The first kappa shape index (κ1) is 17.2. The van der Waals surface area contributed by atoms with Gasteiger partial charge in [-0.3, -0.25) is 0 Å². The van der Waals surface area contributed by atoms with Crippen molar-refractivity contribution in [1.82, 2.24) is 10.0 Å². The molecule has 0 aromatic carbocycles. The van der Waals surface area contributed by atoms with Crippen LogP contribution >= 0.6 is 27.3 Å². The zero-order valence-corrected chi connectivity index (χ0v) is 14.1. The van der Waals surface area contributed by atoms with Gasteiger partial charge in [-0.05, 0) is 34.8 Å². The number of hydrogen-bond donors (Lipinski definition) is 2. The van der Waals surface area contributed by atoms with Gasteiger partial charge in [-0.15, -0.1) is 11.3 Å². The smallest absolute Gasteiger partial charge is 0.309 e. The summed E-state index contributed by atoms with van der Waals surface area (Å²) < 4.78 is 62.5. The molecule has 120 valence electrons. The lowest BCUT2D eigenvalue weighted by molar-refractivity contribution is -0.132. The molecular formula is C11H14BrF3N2O2S2. The van der Waals surface area contributed by atoms with E-state index in [0.29, 0.717) is 16.4 Å². The lowest BCUT2D eigenvalue weighted by atomic mass is 10.4. The number of alkyl halides is 3. The van der Waals surface area contributed by atoms with Crippen LogP contribution in [0.5, 0.6) is 0 Å². The fraction of sp³-hybridized carbons (Fsp3) is 0.636. The van der Waals surface area contributed by atoms with Gasteiger partial charge in [-0.1, -0.05) is 0 Å². The highest BCUT2D eigenvalue weighted by Gasteiger charge is 2.28. The van der Waals surface area contributed by atoms with E-state index in [0.717, 1.165) is 17.7 Å². The van der Waals surface area contributed by atoms with Crippen LogP contribution in [0.25, 0.3) is 0 Å². The Morgan fingerprint density at radius 1 is 1.38 bits per heavy atom. The van der Waals surface area contributed by atoms with Gasteiger partial charge in [0.05, 0.1) is 10.2 Å². The van der Waals surface area contributed by atoms with E-state index in [2.05, 4.69) is 21.2 Å². The minimum atomic E-state index is -4.38. The van der Waals surface area contributed by atoms with Crippen LogP contribution in [0.1, 0.15) is 24.1 Å². The van der Waals surface area contributed by atoms with Crippen molar-refractivity contribution in [3.05, 3.63) is 14.7 Å². The standard InChI is InChI=1S/C11H14BrF3N2O2S2/c12-10-9(5-8(20-10)6-16-7-1-2-7)21(18,19)17-4-3-11(13,14)15/h5,7,16-17H,1-4,6H2. The van der Waals surface area contributed by atoms with Gasteiger partial charge < -0.3 is 5.32 Å². The molecule has 0 bridgehead atoms. The Bertz CT molecular complexity index is 597. The van der Waals surface area contributed by atoms with Crippen LogP contribution in [-0.4, -0.2) is 27.2 Å². The molecule has 1 aliphatic rings. The van der Waals surface area contributed by atoms with Crippen LogP contribution in [0.3, 0.4) is 0 Å². The van der Waals surface area contributed by atoms with Crippen molar-refractivity contribution < 1.29 is 21.6 Å². The van der Waals surface area contributed by atoms with Crippen LogP contribution in [0.2, 0.25) is 0 Å². The largest absolute Gasteiger partial charge is 0.390 e. The van der Waals surface area contributed by atoms with Gasteiger partial charge in [0.2, 0.25) is 10.0 Å². The zero-order chi connectivity index (χ0) is 15.7. The number of halogens is 4. The number of hydrogen-bond acceptors (Lipinski definition) is 4. The Labute approximate surface area is 133 Å². The molecule has 0 spiro atoms. The lowest BCUT2D eigenvalue weighted by Crippen LogP contribution is -2.28. The number of nitrogens with one attached hydrogen (secondary N) is 2. The second-order valence-corrected chi connectivity index (χ2v) is 8.96. The maximum Gasteiger partial charge on any atom is 0.390 e. The molecule has 1 aromatic rings. The Morgan fingerprint density at radius 2 is 2.05 bits per heavy atom. The first-order valence-electron chi connectivity index (χ1n) is 6.25. The van der Waals surface area contributed by atoms with Crippen molar-refractivity contribution in [1.29, 1.82) is 0 Å². The van der Waals surface area contributed by atoms with Gasteiger partial charge in [-0.2, -0.15) is 13.2 Å². The van der Waals surface area contributed by atoms with Gasteiger partial charge in [-0.25, -0.2) is 13.1 Å². The summed E-state index contributed by atoms with van der Waals surface area (Å²) in [4.78, 5) is 0.812. The molecule has 2 rings (SSSR count). The highest BCUT2D eigenvalue weighted by Crippen LogP contribution is 2.32. The molecule has 1 saturated carbocycles. The van der Waals surface area contributed by atoms with Crippen LogP contribution in [0.15, 0.2) is 14.7 Å². The van der Waals surface area contributed by atoms with E-state index in [-0.39, 0.29) is 4.90 Å². The molecular weight excluding hydrogens is 393 g/mol. The second-order valence-electron chi connectivity index (χ2n) is 4.77. The molecule has 2 N–H and O–H groups in total. The summed E-state index contributed by atoms with van der Waals surface area (Å²) >= 11 is 4.42. The molecule has 0 unspecified atom stereocenters. The van der Waals surface area contributed by atoms with Gasteiger partial charge in [0.15, 0.2) is 0 Å². The molecule has 1 aliphatic carbocycles. The third-order valence-electron chi connectivity index (χ3n) is 2.84. The fourth-order valence-corrected chi connectivity index (χ4v) is 5.27. The maximum absolute atomic E-state index is 12.0. The van der Waals surface area contributed by atoms with Gasteiger partial charge >= 0.3 is 6.18 Å². The minimum Gasteiger partial charge on any atom is -0.309 e. The van der Waals surface area contributed by atoms with Crippen molar-refractivity contribution in [2.24, 2.45) is 0 Å². The van der Waals surface area contributed by atoms with Crippen LogP contribution in [0, 0.1) is 0 Å². The van der Waals surface area contributed by atoms with E-state index in [1.807, 2.05) is 4.72 Å². The molecule has 1 aromatic heterocycles. The molecule has 0 radical (unpaired) electrons. The van der Waals surface area contributed by atoms with Crippen molar-refractivity contribution in [3.8, 4) is 0 Å². The topological polar surface area (TPSA) is 58.2 Å². The summed E-state index contributed by atoms with van der Waals surface area (Å²) in [5.74, 6) is 0. The minimum absolute atomic E-state index is 0.0118. The van der Waals surface area contributed by atoms with Gasteiger partial charge in [0.1, 0.15) is 4.90 Å². The SMILES string of the molecule is O=S(=O)(NCCC(F)(F)F)c1cc(CNC2CC2)sc1Br. The predicted octanol–water partition coefficient (Wildman–Crippen LogP) is 2.99. The third-order valence-corrected chi connectivity index (χ3v) is 6.55. The number of rotatable bonds is 7. The lowest BCUT2D eigenvalue weighted by Gasteiger charge is -2.08. The monoisotopic (exact) mass is 406 g/mol. The van der Waals surface area contributed by atoms with E-state index in [4.69, 9.17) is 0 Å². The summed E-state index contributed by atoms with van der Waals surface area (Å²) in [6.07, 6.45) is -3.33. The summed E-state index contributed by atoms with van der Waals surface area (Å²) in [7, 11) is -3.93. The first-order valence-corrected chi connectivity index (χ1v) is 9.35. The van der Waals surface area contributed by atoms with E-state index < -0.39 is 29.2 Å². The van der Waals surface area contributed by atoms with E-state index in [1.54, 1.807) is 0 Å². The van der Waals surface area contributed by atoms with E-state index in [9.17, 15) is 21.6 Å². The molecule has 4 nitrogen and oxygen atoms in total. The second kappa shape index (κ2) is 6.53.